The maximum absolute atomic E-state index is 15.1. The topological polar surface area (TPSA) is 353 Å². The largest absolute Gasteiger partial charge is 0.444 e. The molecule has 4 saturated heterocycles. The number of ether oxygens (including phenoxy) is 5. The van der Waals surface area contributed by atoms with Crippen LogP contribution in [0.1, 0.15) is 147 Å². The number of nitrogens with zero attached hydrogens (tertiary/aromatic N) is 7. The predicted octanol–water partition coefficient (Wildman–Crippen LogP) is 4.27. The van der Waals surface area contributed by atoms with Crippen molar-refractivity contribution in [2.75, 3.05) is 80.0 Å². The summed E-state index contributed by atoms with van der Waals surface area (Å²) in [7, 11) is 2.88. The van der Waals surface area contributed by atoms with Gasteiger partial charge in [-0.25, -0.2) is 14.3 Å². The number of aliphatic hydroxyl groups is 1. The van der Waals surface area contributed by atoms with E-state index in [2.05, 4.69) is 42.2 Å². The lowest BCUT2D eigenvalue weighted by molar-refractivity contribution is -0.144. The third kappa shape index (κ3) is 23.0. The molecule has 8 rings (SSSR count). The number of aliphatic hydroxyl groups excluding tert-OH is 1. The average Bonchev–Trinajstić information content (AvgIpc) is 1.65. The molecule has 7 N–H and O–H groups in total. The van der Waals surface area contributed by atoms with E-state index < -0.39 is 120 Å². The van der Waals surface area contributed by atoms with E-state index in [1.54, 1.807) is 94.6 Å². The quantitative estimate of drug-likeness (QED) is 0.0327. The first-order valence-corrected chi connectivity index (χ1v) is 35.9. The summed E-state index contributed by atoms with van der Waals surface area (Å²) in [5.74, 6) is -5.01. The van der Waals surface area contributed by atoms with E-state index in [0.717, 1.165) is 16.0 Å². The number of aromatic nitrogens is 3. The Morgan fingerprint density at radius 1 is 0.592 bits per heavy atom. The number of carbonyl (C=O) groups is 10. The van der Waals surface area contributed by atoms with Gasteiger partial charge in [-0.05, 0) is 116 Å². The second kappa shape index (κ2) is 37.9. The van der Waals surface area contributed by atoms with E-state index in [1.165, 1.54) is 23.9 Å². The number of hydrogen-bond acceptors (Lipinski definition) is 18. The third-order valence-electron chi connectivity index (χ3n) is 18.9. The van der Waals surface area contributed by atoms with Crippen molar-refractivity contribution < 1.29 is 76.7 Å². The van der Waals surface area contributed by atoms with Crippen molar-refractivity contribution in [2.45, 2.75) is 191 Å². The second-order valence-corrected chi connectivity index (χ2v) is 28.7. The fourth-order valence-corrected chi connectivity index (χ4v) is 13.6. The third-order valence-corrected chi connectivity index (χ3v) is 18.9. The zero-order valence-electron chi connectivity index (χ0n) is 60.8. The first-order chi connectivity index (χ1) is 49.2. The van der Waals surface area contributed by atoms with Gasteiger partial charge in [-0.15, -0.1) is 5.10 Å². The molecule has 5 heterocycles. The molecule has 4 aliphatic heterocycles. The molecule has 562 valence electrons. The number of carbonyl (C=O) groups excluding carboxylic acids is 10. The minimum atomic E-state index is -1.16. The molecule has 4 fully saturated rings. The van der Waals surface area contributed by atoms with Crippen LogP contribution in [0.5, 0.6) is 0 Å². The number of nitrogens with one attached hydrogen (secondary N) is 6. The van der Waals surface area contributed by atoms with E-state index in [-0.39, 0.29) is 95.9 Å². The van der Waals surface area contributed by atoms with E-state index in [9.17, 15) is 48.3 Å². The normalized spacial score (nSPS) is 21.0. The molecule has 0 bridgehead atoms. The fraction of sp³-hybridized carbons (Fsp3) is 0.595. The summed E-state index contributed by atoms with van der Waals surface area (Å²) >= 11 is 0. The van der Waals surface area contributed by atoms with Crippen molar-refractivity contribution in [2.24, 2.45) is 11.8 Å². The lowest BCUT2D eigenvalue weighted by atomic mass is 9.92. The lowest BCUT2D eigenvalue weighted by Gasteiger charge is -2.34. The van der Waals surface area contributed by atoms with Gasteiger partial charge in [0.05, 0.1) is 57.9 Å². The van der Waals surface area contributed by atoms with Crippen molar-refractivity contribution in [3.05, 3.63) is 120 Å². The minimum absolute atomic E-state index is 0.0510. The van der Waals surface area contributed by atoms with Gasteiger partial charge in [-0.2, -0.15) is 0 Å². The number of amides is 10. The van der Waals surface area contributed by atoms with E-state index in [0.29, 0.717) is 75.8 Å². The highest BCUT2D eigenvalue weighted by atomic mass is 16.6. The highest BCUT2D eigenvalue weighted by Gasteiger charge is 2.50. The number of benzene rings is 3. The van der Waals surface area contributed by atoms with E-state index >= 15 is 4.79 Å². The van der Waals surface area contributed by atoms with Crippen molar-refractivity contribution >= 4 is 59.4 Å². The Morgan fingerprint density at radius 2 is 1.10 bits per heavy atom. The Bertz CT molecular complexity index is 3440. The molecule has 10 unspecified atom stereocenters. The molecular weight excluding hydrogens is 1330 g/mol. The van der Waals surface area contributed by atoms with Crippen LogP contribution >= 0.6 is 0 Å². The standard InChI is InChI=1S/C74H105N13O16/c1-10-56(84(9)72(98)103-74(5,6)7)65(91)80-63-51(26-29-54-31-33-57(86(54)69(63)95)66(92)78-61(48-20-14-11-15-21-48)49-22-16-12-17-23-49)44-76-59(89)35-28-53-45-85(82-81-53)37-39-100-41-43-101-42-40-99-38-36-75-68(94)62(50-24-18-13-19-25-50)79-67(93)58-34-32-55-30-27-52(47-88)64(70(96)87(55)58)77-60(90)46-83(8)71(97)102-73(2,3)4/h11-25,45,51-52,54-58,61-64,88H,10,26-44,46-47H2,1-9H3,(H,75,94)(H,76,89)(H,77,90)(H,78,92)(H,79,93)(H,80,91). The van der Waals surface area contributed by atoms with Crippen molar-refractivity contribution in [3.63, 3.8) is 0 Å². The highest BCUT2D eigenvalue weighted by molar-refractivity contribution is 5.97. The Morgan fingerprint density at radius 3 is 1.65 bits per heavy atom. The van der Waals surface area contributed by atoms with Crippen LogP contribution in [0.3, 0.4) is 0 Å². The number of rotatable bonds is 33. The van der Waals surface area contributed by atoms with Gasteiger partial charge < -0.3 is 75.4 Å². The summed E-state index contributed by atoms with van der Waals surface area (Å²) in [6.07, 6.45) is 4.55. The molecule has 0 radical (unpaired) electrons. The van der Waals surface area contributed by atoms with Crippen LogP contribution in [0.15, 0.2) is 97.2 Å². The molecule has 0 spiro atoms. The number of likely N-dealkylation sites (N-methyl/N-ethyl adjacent to an activating group) is 2. The SMILES string of the molecule is CCC(C(=O)NC1C(=O)N2C(CCC1CNC(=O)CCc1cn(CCOCCOCCOCCNC(=O)C(NC(=O)C3CCC4CCC(CO)C(NC(=O)CN(C)C(=O)OC(C)(C)C)C(=O)N43)c3ccccc3)nn1)CCC2C(=O)NC(c1ccccc1)c1ccccc1)N(C)C(=O)OC(C)(C)C. The predicted molar refractivity (Wildman–Crippen MR) is 378 cm³/mol. The first-order valence-electron chi connectivity index (χ1n) is 35.9. The summed E-state index contributed by atoms with van der Waals surface area (Å²) in [6.45, 7) is 13.3. The smallest absolute Gasteiger partial charge is 0.410 e. The Labute approximate surface area is 602 Å². The van der Waals surface area contributed by atoms with E-state index in [1.807, 2.05) is 60.7 Å². The molecule has 103 heavy (non-hydrogen) atoms. The number of fused-ring (bicyclic) bond motifs is 2. The fourth-order valence-electron chi connectivity index (χ4n) is 13.6. The lowest BCUT2D eigenvalue weighted by Crippen LogP contribution is -2.60. The van der Waals surface area contributed by atoms with Crippen LogP contribution in [0.25, 0.3) is 0 Å². The van der Waals surface area contributed by atoms with Crippen LogP contribution in [-0.4, -0.2) is 233 Å². The zero-order chi connectivity index (χ0) is 74.4. The zero-order valence-corrected chi connectivity index (χ0v) is 60.8. The van der Waals surface area contributed by atoms with E-state index in [4.69, 9.17) is 23.7 Å². The maximum Gasteiger partial charge on any atom is 0.410 e. The first kappa shape index (κ1) is 79.6. The second-order valence-electron chi connectivity index (χ2n) is 28.7. The van der Waals surface area contributed by atoms with Gasteiger partial charge in [-0.3, -0.25) is 43.3 Å². The Balaban J connectivity index is 0.746. The van der Waals surface area contributed by atoms with Gasteiger partial charge >= 0.3 is 12.2 Å². The molecular formula is C74H105N13O16. The molecule has 0 aliphatic carbocycles. The van der Waals surface area contributed by atoms with Gasteiger partial charge in [0, 0.05) is 76.7 Å². The molecule has 4 aromatic rings. The van der Waals surface area contributed by atoms with Gasteiger partial charge in [-0.1, -0.05) is 103 Å². The monoisotopic (exact) mass is 1430 g/mol. The average molecular weight is 1430 g/mol. The van der Waals surface area contributed by atoms with Crippen molar-refractivity contribution in [3.8, 4) is 0 Å². The van der Waals surface area contributed by atoms with Crippen molar-refractivity contribution in [1.82, 2.24) is 66.5 Å². The molecule has 4 aliphatic rings. The van der Waals surface area contributed by atoms with Crippen LogP contribution < -0.4 is 31.9 Å². The minimum Gasteiger partial charge on any atom is -0.444 e. The molecule has 29 nitrogen and oxygen atoms in total. The maximum atomic E-state index is 15.1. The van der Waals surface area contributed by atoms with Crippen molar-refractivity contribution in [1.29, 1.82) is 0 Å². The molecule has 0 saturated carbocycles. The number of hydrogen-bond donors (Lipinski definition) is 7. The Kier molecular flexibility index (Phi) is 29.3. The summed E-state index contributed by atoms with van der Waals surface area (Å²) in [4.78, 5) is 144. The van der Waals surface area contributed by atoms with Gasteiger partial charge in [0.2, 0.25) is 47.3 Å². The number of aryl methyl sites for hydroxylation is 1. The molecule has 29 heteroatoms. The molecule has 1 aromatic heterocycles. The summed E-state index contributed by atoms with van der Waals surface area (Å²) in [6, 6.07) is 20.6. The molecule has 10 amide bonds. The van der Waals surface area contributed by atoms with Crippen LogP contribution in [-0.2, 0) is 75.0 Å². The Hall–Kier alpha value is -9.06. The van der Waals surface area contributed by atoms with Crippen LogP contribution in [0, 0.1) is 11.8 Å². The molecule has 10 atom stereocenters. The summed E-state index contributed by atoms with van der Waals surface area (Å²) in [5.41, 5.74) is 1.23. The summed E-state index contributed by atoms with van der Waals surface area (Å²) < 4.78 is 29.7. The molecule has 3 aromatic carbocycles. The van der Waals surface area contributed by atoms with Gasteiger partial charge in [0.15, 0.2) is 0 Å². The van der Waals surface area contributed by atoms with Gasteiger partial charge in [0.25, 0.3) is 0 Å². The van der Waals surface area contributed by atoms with Crippen LogP contribution in [0.4, 0.5) is 9.59 Å². The van der Waals surface area contributed by atoms with Gasteiger partial charge in [0.1, 0.15) is 54.0 Å². The highest BCUT2D eigenvalue weighted by Crippen LogP contribution is 2.37. The van der Waals surface area contributed by atoms with Crippen LogP contribution in [0.2, 0.25) is 0 Å². The summed E-state index contributed by atoms with van der Waals surface area (Å²) in [5, 5.41) is 36.4.